The Kier molecular flexibility index (Phi) is 7.98. The summed E-state index contributed by atoms with van der Waals surface area (Å²) in [6.07, 6.45) is 8.80. The summed E-state index contributed by atoms with van der Waals surface area (Å²) in [5.74, 6) is 0.315. The molecule has 2 atom stereocenters. The van der Waals surface area contributed by atoms with Crippen LogP contribution in [0.15, 0.2) is 0 Å². The van der Waals surface area contributed by atoms with Gasteiger partial charge in [0, 0.05) is 31.6 Å². The third kappa shape index (κ3) is 5.55. The first kappa shape index (κ1) is 20.9. The van der Waals surface area contributed by atoms with E-state index in [0.29, 0.717) is 32.1 Å². The quantitative estimate of drug-likeness (QED) is 0.719. The van der Waals surface area contributed by atoms with Crippen LogP contribution in [0.25, 0.3) is 0 Å². The lowest BCUT2D eigenvalue weighted by Crippen LogP contribution is -2.50. The molecule has 0 aromatic heterocycles. The largest absolute Gasteiger partial charge is 0.341 e. The first-order valence-corrected chi connectivity index (χ1v) is 11.1. The molecule has 3 aliphatic rings. The molecule has 8 heteroatoms. The van der Waals surface area contributed by atoms with E-state index in [1.807, 2.05) is 4.90 Å². The number of halogens is 1. The number of nitrogens with zero attached hydrogens (tertiary/aromatic N) is 1. The first-order chi connectivity index (χ1) is 11.6. The zero-order valence-electron chi connectivity index (χ0n) is 14.9. The Morgan fingerprint density at radius 1 is 1.08 bits per heavy atom. The zero-order valence-corrected chi connectivity index (χ0v) is 16.5. The van der Waals surface area contributed by atoms with Gasteiger partial charge in [-0.3, -0.25) is 4.79 Å². The van der Waals surface area contributed by atoms with Gasteiger partial charge in [0.1, 0.15) is 0 Å². The standard InChI is InChI=1S/C17H31N3O3S.ClH/c21-17(14-5-1-2-6-14)20-12-4-8-16(13-20)24(22,23)19-11-9-15-7-3-10-18-15;/h14-16,18-19H,1-13H2;1H/t15-,16?;/m1./s1. The van der Waals surface area contributed by atoms with Crippen LogP contribution in [0.2, 0.25) is 0 Å². The number of carbonyl (C=O) groups excluding carboxylic acids is 1. The molecular weight excluding hydrogens is 362 g/mol. The van der Waals surface area contributed by atoms with Crippen LogP contribution in [0.3, 0.4) is 0 Å². The van der Waals surface area contributed by atoms with Gasteiger partial charge in [-0.25, -0.2) is 13.1 Å². The van der Waals surface area contributed by atoms with Gasteiger partial charge in [0.25, 0.3) is 0 Å². The molecule has 25 heavy (non-hydrogen) atoms. The molecule has 1 aliphatic carbocycles. The van der Waals surface area contributed by atoms with Crippen molar-refractivity contribution < 1.29 is 13.2 Å². The summed E-state index contributed by atoms with van der Waals surface area (Å²) in [6, 6.07) is 0.444. The third-order valence-corrected chi connectivity index (χ3v) is 7.66. The van der Waals surface area contributed by atoms with Crippen LogP contribution in [0.1, 0.15) is 57.8 Å². The van der Waals surface area contributed by atoms with Crippen LogP contribution in [0.5, 0.6) is 0 Å². The molecule has 0 aromatic carbocycles. The second-order valence-corrected chi connectivity index (χ2v) is 9.60. The molecule has 1 amide bonds. The van der Waals surface area contributed by atoms with Crippen molar-refractivity contribution in [3.63, 3.8) is 0 Å². The Hall–Kier alpha value is -0.370. The second-order valence-electron chi connectivity index (χ2n) is 7.55. The summed E-state index contributed by atoms with van der Waals surface area (Å²) in [5.41, 5.74) is 0. The van der Waals surface area contributed by atoms with Crippen molar-refractivity contribution in [3.05, 3.63) is 0 Å². The van der Waals surface area contributed by atoms with E-state index in [2.05, 4.69) is 10.0 Å². The molecule has 1 saturated carbocycles. The van der Waals surface area contributed by atoms with Crippen molar-refractivity contribution in [2.75, 3.05) is 26.2 Å². The van der Waals surface area contributed by atoms with Gasteiger partial charge in [-0.05, 0) is 51.5 Å². The molecule has 2 heterocycles. The Balaban J connectivity index is 0.00000225. The Morgan fingerprint density at radius 3 is 2.52 bits per heavy atom. The fourth-order valence-corrected chi connectivity index (χ4v) is 5.81. The topological polar surface area (TPSA) is 78.5 Å². The minimum absolute atomic E-state index is 0. The molecular formula is C17H32ClN3O3S. The van der Waals surface area contributed by atoms with E-state index in [-0.39, 0.29) is 24.2 Å². The van der Waals surface area contributed by atoms with E-state index in [9.17, 15) is 13.2 Å². The molecule has 2 saturated heterocycles. The lowest BCUT2D eigenvalue weighted by Gasteiger charge is -2.34. The maximum atomic E-state index is 12.6. The number of nitrogens with one attached hydrogen (secondary N) is 2. The van der Waals surface area contributed by atoms with Crippen LogP contribution in [0, 0.1) is 5.92 Å². The number of carbonyl (C=O) groups is 1. The molecule has 0 spiro atoms. The predicted octanol–water partition coefficient (Wildman–Crippen LogP) is 1.65. The molecule has 0 bridgehead atoms. The van der Waals surface area contributed by atoms with E-state index in [1.165, 1.54) is 6.42 Å². The highest BCUT2D eigenvalue weighted by molar-refractivity contribution is 7.90. The highest BCUT2D eigenvalue weighted by Gasteiger charge is 2.35. The number of sulfonamides is 1. The Labute approximate surface area is 157 Å². The van der Waals surface area contributed by atoms with Gasteiger partial charge in [0.05, 0.1) is 5.25 Å². The molecule has 146 valence electrons. The molecule has 0 aromatic rings. The van der Waals surface area contributed by atoms with Crippen molar-refractivity contribution >= 4 is 28.3 Å². The van der Waals surface area contributed by atoms with E-state index < -0.39 is 15.3 Å². The summed E-state index contributed by atoms with van der Waals surface area (Å²) in [6.45, 7) is 2.62. The van der Waals surface area contributed by atoms with Gasteiger partial charge in [-0.2, -0.15) is 0 Å². The summed E-state index contributed by atoms with van der Waals surface area (Å²) in [4.78, 5) is 14.4. The number of hydrogen-bond acceptors (Lipinski definition) is 4. The number of likely N-dealkylation sites (tertiary alicyclic amines) is 1. The Morgan fingerprint density at radius 2 is 1.84 bits per heavy atom. The lowest BCUT2D eigenvalue weighted by atomic mass is 10.0. The van der Waals surface area contributed by atoms with Gasteiger partial charge in [-0.1, -0.05) is 12.8 Å². The summed E-state index contributed by atoms with van der Waals surface area (Å²) >= 11 is 0. The molecule has 0 radical (unpaired) electrons. The minimum Gasteiger partial charge on any atom is -0.341 e. The van der Waals surface area contributed by atoms with Crippen molar-refractivity contribution in [1.82, 2.24) is 14.9 Å². The van der Waals surface area contributed by atoms with Crippen molar-refractivity contribution in [1.29, 1.82) is 0 Å². The third-order valence-electron chi connectivity index (χ3n) is 5.79. The fourth-order valence-electron chi connectivity index (χ4n) is 4.32. The van der Waals surface area contributed by atoms with Gasteiger partial charge in [-0.15, -0.1) is 12.4 Å². The molecule has 2 aliphatic heterocycles. The summed E-state index contributed by atoms with van der Waals surface area (Å²) in [5, 5.41) is 2.94. The molecule has 6 nitrogen and oxygen atoms in total. The van der Waals surface area contributed by atoms with Gasteiger partial charge < -0.3 is 10.2 Å². The minimum atomic E-state index is -3.34. The predicted molar refractivity (Wildman–Crippen MR) is 101 cm³/mol. The van der Waals surface area contributed by atoms with Crippen LogP contribution in [-0.4, -0.2) is 56.7 Å². The van der Waals surface area contributed by atoms with Crippen molar-refractivity contribution in [3.8, 4) is 0 Å². The average Bonchev–Trinajstić information content (AvgIpc) is 3.28. The number of hydrogen-bond donors (Lipinski definition) is 2. The van der Waals surface area contributed by atoms with Crippen molar-refractivity contribution in [2.45, 2.75) is 69.1 Å². The summed E-state index contributed by atoms with van der Waals surface area (Å²) in [7, 11) is -3.34. The van der Waals surface area contributed by atoms with Crippen LogP contribution in [-0.2, 0) is 14.8 Å². The van der Waals surface area contributed by atoms with Crippen LogP contribution >= 0.6 is 12.4 Å². The molecule has 2 N–H and O–H groups in total. The molecule has 1 unspecified atom stereocenters. The van der Waals surface area contributed by atoms with E-state index in [4.69, 9.17) is 0 Å². The molecule has 3 rings (SSSR count). The van der Waals surface area contributed by atoms with Gasteiger partial charge in [0.15, 0.2) is 0 Å². The normalized spacial score (nSPS) is 28.1. The lowest BCUT2D eigenvalue weighted by molar-refractivity contribution is -0.136. The second kappa shape index (κ2) is 9.53. The summed E-state index contributed by atoms with van der Waals surface area (Å²) < 4.78 is 27.9. The number of amides is 1. The monoisotopic (exact) mass is 393 g/mol. The van der Waals surface area contributed by atoms with E-state index in [1.54, 1.807) is 0 Å². The maximum absolute atomic E-state index is 12.6. The van der Waals surface area contributed by atoms with Gasteiger partial charge >= 0.3 is 0 Å². The SMILES string of the molecule is Cl.O=C(C1CCCC1)N1CCCC(S(=O)(=O)NCC[C@H]2CCCN2)C1. The average molecular weight is 394 g/mol. The first-order valence-electron chi connectivity index (χ1n) is 9.57. The van der Waals surface area contributed by atoms with Gasteiger partial charge in [0.2, 0.25) is 15.9 Å². The van der Waals surface area contributed by atoms with E-state index in [0.717, 1.165) is 51.5 Å². The number of rotatable bonds is 6. The Bertz CT molecular complexity index is 531. The van der Waals surface area contributed by atoms with E-state index >= 15 is 0 Å². The maximum Gasteiger partial charge on any atom is 0.225 e. The molecule has 3 fully saturated rings. The van der Waals surface area contributed by atoms with Crippen LogP contribution < -0.4 is 10.0 Å². The highest BCUT2D eigenvalue weighted by Crippen LogP contribution is 2.28. The zero-order chi connectivity index (χ0) is 17.0. The number of piperidine rings is 1. The smallest absolute Gasteiger partial charge is 0.225 e. The highest BCUT2D eigenvalue weighted by atomic mass is 35.5. The van der Waals surface area contributed by atoms with Crippen LogP contribution in [0.4, 0.5) is 0 Å². The fraction of sp³-hybridized carbons (Fsp3) is 0.941. The van der Waals surface area contributed by atoms with Crippen molar-refractivity contribution in [2.24, 2.45) is 5.92 Å².